The molecule has 0 radical (unpaired) electrons. The average molecular weight is 402 g/mol. The SMILES string of the molecule is CC1COCCN1c1cc(C2(S(C)(=O)=O)CC2)n2ncc(-c3ccn[nH]3)c2n1. The lowest BCUT2D eigenvalue weighted by molar-refractivity contribution is 0.0985. The number of rotatable bonds is 4. The third kappa shape index (κ3) is 2.55. The zero-order valence-electron chi connectivity index (χ0n) is 15.8. The van der Waals surface area contributed by atoms with Crippen molar-refractivity contribution in [3.05, 3.63) is 30.2 Å². The molecule has 3 aromatic rings. The van der Waals surface area contributed by atoms with Crippen LogP contribution in [0.5, 0.6) is 0 Å². The highest BCUT2D eigenvalue weighted by Crippen LogP contribution is 2.53. The van der Waals surface area contributed by atoms with Gasteiger partial charge in [-0.05, 0) is 25.8 Å². The van der Waals surface area contributed by atoms with E-state index in [-0.39, 0.29) is 6.04 Å². The van der Waals surface area contributed by atoms with Crippen molar-refractivity contribution < 1.29 is 13.2 Å². The van der Waals surface area contributed by atoms with E-state index in [1.165, 1.54) is 6.26 Å². The summed E-state index contributed by atoms with van der Waals surface area (Å²) >= 11 is 0. The largest absolute Gasteiger partial charge is 0.377 e. The number of morpholine rings is 1. The Bertz CT molecular complexity index is 1130. The van der Waals surface area contributed by atoms with Crippen LogP contribution in [-0.4, -0.2) is 65.3 Å². The molecule has 5 rings (SSSR count). The highest BCUT2D eigenvalue weighted by Gasteiger charge is 2.55. The van der Waals surface area contributed by atoms with Gasteiger partial charge in [0.2, 0.25) is 0 Å². The predicted molar refractivity (Wildman–Crippen MR) is 104 cm³/mol. The summed E-state index contributed by atoms with van der Waals surface area (Å²) in [6.07, 6.45) is 5.89. The maximum absolute atomic E-state index is 12.6. The number of nitrogens with one attached hydrogen (secondary N) is 1. The molecule has 2 fully saturated rings. The summed E-state index contributed by atoms with van der Waals surface area (Å²) in [5.74, 6) is 0.759. The first-order chi connectivity index (χ1) is 13.4. The van der Waals surface area contributed by atoms with Gasteiger partial charge in [0.1, 0.15) is 10.6 Å². The monoisotopic (exact) mass is 402 g/mol. The van der Waals surface area contributed by atoms with Crippen molar-refractivity contribution in [2.75, 3.05) is 30.9 Å². The van der Waals surface area contributed by atoms with Crippen LogP contribution in [0.25, 0.3) is 16.9 Å². The molecule has 2 aliphatic rings. The summed E-state index contributed by atoms with van der Waals surface area (Å²) in [5.41, 5.74) is 2.90. The number of sulfone groups is 1. The Hall–Kier alpha value is -2.46. The minimum Gasteiger partial charge on any atom is -0.377 e. The second-order valence-electron chi connectivity index (χ2n) is 7.65. The summed E-state index contributed by atoms with van der Waals surface area (Å²) in [6.45, 7) is 4.03. The van der Waals surface area contributed by atoms with Crippen LogP contribution in [0.15, 0.2) is 24.5 Å². The van der Waals surface area contributed by atoms with Gasteiger partial charge < -0.3 is 9.64 Å². The Kier molecular flexibility index (Phi) is 3.79. The van der Waals surface area contributed by atoms with Crippen LogP contribution in [-0.2, 0) is 19.3 Å². The molecule has 148 valence electrons. The first kappa shape index (κ1) is 17.6. The first-order valence-corrected chi connectivity index (χ1v) is 11.2. The highest BCUT2D eigenvalue weighted by atomic mass is 32.2. The smallest absolute Gasteiger partial charge is 0.167 e. The second-order valence-corrected chi connectivity index (χ2v) is 9.97. The quantitative estimate of drug-likeness (QED) is 0.703. The van der Waals surface area contributed by atoms with Gasteiger partial charge in [-0.1, -0.05) is 0 Å². The molecule has 10 heteroatoms. The fourth-order valence-corrected chi connectivity index (χ4v) is 5.38. The number of hydrogen-bond acceptors (Lipinski definition) is 7. The minimum atomic E-state index is -3.29. The van der Waals surface area contributed by atoms with Crippen LogP contribution < -0.4 is 4.90 Å². The van der Waals surface area contributed by atoms with Crippen molar-refractivity contribution in [3.8, 4) is 11.3 Å². The van der Waals surface area contributed by atoms with Crippen LogP contribution in [0.3, 0.4) is 0 Å². The summed E-state index contributed by atoms with van der Waals surface area (Å²) in [6, 6.07) is 3.90. The van der Waals surface area contributed by atoms with Crippen LogP contribution in [0, 0.1) is 0 Å². The van der Waals surface area contributed by atoms with Gasteiger partial charge in [-0.2, -0.15) is 10.2 Å². The van der Waals surface area contributed by atoms with Crippen LogP contribution in [0.4, 0.5) is 5.82 Å². The van der Waals surface area contributed by atoms with E-state index in [2.05, 4.69) is 27.1 Å². The van der Waals surface area contributed by atoms with Gasteiger partial charge in [0, 0.05) is 25.1 Å². The molecule has 4 heterocycles. The fraction of sp³-hybridized carbons (Fsp3) is 0.500. The van der Waals surface area contributed by atoms with E-state index in [1.54, 1.807) is 16.9 Å². The van der Waals surface area contributed by atoms with E-state index in [0.717, 1.165) is 17.1 Å². The number of nitrogens with zero attached hydrogens (tertiary/aromatic N) is 5. The van der Waals surface area contributed by atoms with Gasteiger partial charge in [-0.25, -0.2) is 17.9 Å². The number of anilines is 1. The second kappa shape index (κ2) is 6.02. The summed E-state index contributed by atoms with van der Waals surface area (Å²) in [4.78, 5) is 7.05. The van der Waals surface area contributed by atoms with Gasteiger partial charge in [0.25, 0.3) is 0 Å². The van der Waals surface area contributed by atoms with Crippen molar-refractivity contribution in [3.63, 3.8) is 0 Å². The lowest BCUT2D eigenvalue weighted by Crippen LogP contribution is -2.44. The molecule has 28 heavy (non-hydrogen) atoms. The molecule has 1 saturated carbocycles. The van der Waals surface area contributed by atoms with Gasteiger partial charge >= 0.3 is 0 Å². The Morgan fingerprint density at radius 3 is 2.82 bits per heavy atom. The van der Waals surface area contributed by atoms with E-state index >= 15 is 0 Å². The van der Waals surface area contributed by atoms with Crippen LogP contribution >= 0.6 is 0 Å². The van der Waals surface area contributed by atoms with Crippen molar-refractivity contribution in [2.24, 2.45) is 0 Å². The van der Waals surface area contributed by atoms with Crippen molar-refractivity contribution in [2.45, 2.75) is 30.6 Å². The third-order valence-electron chi connectivity index (χ3n) is 5.79. The molecular weight excluding hydrogens is 380 g/mol. The Morgan fingerprint density at radius 2 is 2.18 bits per heavy atom. The molecule has 1 aliphatic heterocycles. The summed E-state index contributed by atoms with van der Waals surface area (Å²) in [5, 5.41) is 11.5. The zero-order valence-corrected chi connectivity index (χ0v) is 16.6. The van der Waals surface area contributed by atoms with Crippen LogP contribution in [0.2, 0.25) is 0 Å². The molecule has 0 amide bonds. The number of ether oxygens (including phenoxy) is 1. The Balaban J connectivity index is 1.76. The van der Waals surface area contributed by atoms with Gasteiger partial charge in [-0.3, -0.25) is 5.10 Å². The molecule has 3 aromatic heterocycles. The topological polar surface area (TPSA) is 105 Å². The lowest BCUT2D eigenvalue weighted by Gasteiger charge is -2.34. The fourth-order valence-electron chi connectivity index (χ4n) is 4.02. The molecule has 9 nitrogen and oxygen atoms in total. The average Bonchev–Trinajstić information content (AvgIpc) is 3.11. The van der Waals surface area contributed by atoms with Crippen molar-refractivity contribution in [1.82, 2.24) is 24.8 Å². The summed E-state index contributed by atoms with van der Waals surface area (Å²) < 4.78 is 31.6. The maximum atomic E-state index is 12.6. The number of H-pyrrole nitrogens is 1. The van der Waals surface area contributed by atoms with Crippen molar-refractivity contribution in [1.29, 1.82) is 0 Å². The number of fused-ring (bicyclic) bond motifs is 1. The molecule has 1 atom stereocenters. The van der Waals surface area contributed by atoms with E-state index in [9.17, 15) is 8.42 Å². The van der Waals surface area contributed by atoms with Crippen molar-refractivity contribution >= 4 is 21.3 Å². The molecule has 1 saturated heterocycles. The molecule has 1 N–H and O–H groups in total. The molecule has 0 spiro atoms. The van der Waals surface area contributed by atoms with Gasteiger partial charge in [0.15, 0.2) is 15.5 Å². The summed E-state index contributed by atoms with van der Waals surface area (Å²) in [7, 11) is -3.29. The van der Waals surface area contributed by atoms with Crippen LogP contribution in [0.1, 0.15) is 25.5 Å². The third-order valence-corrected chi connectivity index (χ3v) is 7.83. The number of aromatic nitrogens is 5. The van der Waals surface area contributed by atoms with E-state index in [4.69, 9.17) is 9.72 Å². The standard InChI is InChI=1S/C18H22N6O3S/c1-12-11-27-8-7-23(12)16-9-15(18(4-5-18)28(2,25)26)24-17(21-16)13(10-20-24)14-3-6-19-22-14/h3,6,9-10,12H,4-5,7-8,11H2,1-2H3,(H,19,22). The Morgan fingerprint density at radius 1 is 1.36 bits per heavy atom. The molecule has 1 aliphatic carbocycles. The van der Waals surface area contributed by atoms with E-state index < -0.39 is 14.6 Å². The van der Waals surface area contributed by atoms with E-state index in [1.807, 2.05) is 12.1 Å². The number of hydrogen-bond donors (Lipinski definition) is 1. The molecule has 1 unspecified atom stereocenters. The lowest BCUT2D eigenvalue weighted by atomic mass is 10.2. The van der Waals surface area contributed by atoms with Gasteiger partial charge in [-0.15, -0.1) is 0 Å². The molecule has 0 aromatic carbocycles. The zero-order chi connectivity index (χ0) is 19.5. The first-order valence-electron chi connectivity index (χ1n) is 9.34. The molecule has 0 bridgehead atoms. The minimum absolute atomic E-state index is 0.156. The van der Waals surface area contributed by atoms with Gasteiger partial charge in [0.05, 0.1) is 42.4 Å². The highest BCUT2D eigenvalue weighted by molar-refractivity contribution is 7.91. The Labute approximate surface area is 162 Å². The number of aromatic amines is 1. The maximum Gasteiger partial charge on any atom is 0.167 e. The molecular formula is C18H22N6O3S. The normalized spacial score (nSPS) is 21.9. The van der Waals surface area contributed by atoms with E-state index in [0.29, 0.717) is 43.9 Å². The predicted octanol–water partition coefficient (Wildman–Crippen LogP) is 1.38.